The van der Waals surface area contributed by atoms with Gasteiger partial charge in [-0.05, 0) is 84.5 Å². The SMILES string of the molecule is C=C(C)c1cnc2c(Oc3ccc(CC(=O)C4=NCC(C)=C(c5ccc(F)cc5C)C4=O)cc3F)ccnc2c1. The summed E-state index contributed by atoms with van der Waals surface area (Å²) < 4.78 is 34.5. The number of aryl methyl sites for hydroxylation is 1. The fourth-order valence-electron chi connectivity index (χ4n) is 4.58. The van der Waals surface area contributed by atoms with Crippen molar-refractivity contribution in [1.82, 2.24) is 9.97 Å². The van der Waals surface area contributed by atoms with E-state index < -0.39 is 23.2 Å². The molecule has 2 aromatic heterocycles. The molecular formula is C32H25F2N3O3. The van der Waals surface area contributed by atoms with E-state index in [2.05, 4.69) is 21.5 Å². The average Bonchev–Trinajstić information content (AvgIpc) is 2.91. The summed E-state index contributed by atoms with van der Waals surface area (Å²) >= 11 is 0. The number of benzene rings is 2. The Labute approximate surface area is 229 Å². The van der Waals surface area contributed by atoms with Crippen LogP contribution < -0.4 is 4.74 Å². The number of pyridine rings is 2. The number of nitrogens with zero attached hydrogens (tertiary/aromatic N) is 3. The van der Waals surface area contributed by atoms with E-state index in [0.29, 0.717) is 44.6 Å². The van der Waals surface area contributed by atoms with Crippen LogP contribution in [0.25, 0.3) is 22.2 Å². The van der Waals surface area contributed by atoms with Crippen LogP contribution >= 0.6 is 0 Å². The number of fused-ring (bicyclic) bond motifs is 1. The zero-order valence-corrected chi connectivity index (χ0v) is 22.2. The molecule has 0 amide bonds. The molecule has 4 aromatic rings. The van der Waals surface area contributed by atoms with Gasteiger partial charge in [-0.25, -0.2) is 8.78 Å². The molecule has 0 N–H and O–H groups in total. The van der Waals surface area contributed by atoms with Gasteiger partial charge in [-0.15, -0.1) is 0 Å². The molecule has 0 radical (unpaired) electrons. The number of aliphatic imine (C=N–C) groups is 1. The van der Waals surface area contributed by atoms with E-state index >= 15 is 4.39 Å². The van der Waals surface area contributed by atoms with Gasteiger partial charge in [0.05, 0.1) is 12.1 Å². The molecule has 0 saturated heterocycles. The highest BCUT2D eigenvalue weighted by molar-refractivity contribution is 6.74. The first-order chi connectivity index (χ1) is 19.1. The van der Waals surface area contributed by atoms with E-state index in [4.69, 9.17) is 4.74 Å². The minimum Gasteiger partial charge on any atom is -0.452 e. The van der Waals surface area contributed by atoms with Gasteiger partial charge in [0.25, 0.3) is 0 Å². The number of allylic oxidation sites excluding steroid dienone is 2. The maximum Gasteiger partial charge on any atom is 0.215 e. The van der Waals surface area contributed by atoms with Crippen LogP contribution in [0, 0.1) is 18.6 Å². The highest BCUT2D eigenvalue weighted by Crippen LogP contribution is 2.31. The molecule has 8 heteroatoms. The number of carbonyl (C=O) groups excluding carboxylic acids is 2. The summed E-state index contributed by atoms with van der Waals surface area (Å²) in [6.45, 7) is 9.41. The summed E-state index contributed by atoms with van der Waals surface area (Å²) in [5.74, 6) is -1.85. The van der Waals surface area contributed by atoms with Crippen LogP contribution in [0.15, 0.2) is 78.1 Å². The van der Waals surface area contributed by atoms with E-state index in [-0.39, 0.29) is 24.4 Å². The number of hydrogen-bond donors (Lipinski definition) is 0. The number of aromatic nitrogens is 2. The van der Waals surface area contributed by atoms with Crippen LogP contribution in [-0.2, 0) is 16.0 Å². The number of halogens is 2. The first-order valence-corrected chi connectivity index (χ1v) is 12.6. The lowest BCUT2D eigenvalue weighted by molar-refractivity contribution is -0.114. The Morgan fingerprint density at radius 2 is 1.82 bits per heavy atom. The van der Waals surface area contributed by atoms with Gasteiger partial charge in [-0.3, -0.25) is 24.5 Å². The lowest BCUT2D eigenvalue weighted by atomic mass is 9.87. The van der Waals surface area contributed by atoms with Crippen molar-refractivity contribution in [1.29, 1.82) is 0 Å². The molecule has 40 heavy (non-hydrogen) atoms. The van der Waals surface area contributed by atoms with E-state index in [0.717, 1.165) is 11.1 Å². The first-order valence-electron chi connectivity index (χ1n) is 12.6. The fraction of sp³-hybridized carbons (Fsp3) is 0.156. The maximum absolute atomic E-state index is 15.1. The zero-order valence-electron chi connectivity index (χ0n) is 22.2. The minimum atomic E-state index is -0.677. The van der Waals surface area contributed by atoms with E-state index in [1.165, 1.54) is 30.3 Å². The van der Waals surface area contributed by atoms with Gasteiger partial charge in [-0.2, -0.15) is 0 Å². The van der Waals surface area contributed by atoms with E-state index in [9.17, 15) is 14.0 Å². The molecule has 5 rings (SSSR count). The second kappa shape index (κ2) is 10.7. The third-order valence-corrected chi connectivity index (χ3v) is 6.68. The van der Waals surface area contributed by atoms with Gasteiger partial charge in [0, 0.05) is 30.5 Å². The molecule has 0 saturated carbocycles. The van der Waals surface area contributed by atoms with Gasteiger partial charge >= 0.3 is 0 Å². The van der Waals surface area contributed by atoms with Crippen LogP contribution in [0.1, 0.15) is 36.1 Å². The highest BCUT2D eigenvalue weighted by Gasteiger charge is 2.30. The summed E-state index contributed by atoms with van der Waals surface area (Å²) in [7, 11) is 0. The predicted molar refractivity (Wildman–Crippen MR) is 150 cm³/mol. The quantitative estimate of drug-likeness (QED) is 0.264. The third kappa shape index (κ3) is 5.20. The number of rotatable bonds is 7. The Bertz CT molecular complexity index is 1790. The van der Waals surface area contributed by atoms with Crippen molar-refractivity contribution in [2.24, 2.45) is 4.99 Å². The van der Waals surface area contributed by atoms with Crippen LogP contribution in [0.5, 0.6) is 11.5 Å². The van der Waals surface area contributed by atoms with Crippen molar-refractivity contribution in [3.05, 3.63) is 107 Å². The van der Waals surface area contributed by atoms with E-state index in [1.807, 2.05) is 13.0 Å². The van der Waals surface area contributed by atoms with Crippen molar-refractivity contribution in [2.75, 3.05) is 6.54 Å². The largest absolute Gasteiger partial charge is 0.452 e. The summed E-state index contributed by atoms with van der Waals surface area (Å²) in [4.78, 5) is 39.3. The van der Waals surface area contributed by atoms with Crippen molar-refractivity contribution >= 4 is 39.5 Å². The second-order valence-electron chi connectivity index (χ2n) is 9.76. The van der Waals surface area contributed by atoms with Crippen molar-refractivity contribution < 1.29 is 23.1 Å². The highest BCUT2D eigenvalue weighted by atomic mass is 19.1. The van der Waals surface area contributed by atoms with Gasteiger partial charge in [-0.1, -0.05) is 18.7 Å². The molecule has 3 heterocycles. The second-order valence-corrected chi connectivity index (χ2v) is 9.76. The molecular weight excluding hydrogens is 512 g/mol. The Morgan fingerprint density at radius 3 is 2.55 bits per heavy atom. The normalized spacial score (nSPS) is 13.4. The first kappa shape index (κ1) is 26.7. The molecule has 2 aromatic carbocycles. The van der Waals surface area contributed by atoms with Crippen LogP contribution in [0.3, 0.4) is 0 Å². The van der Waals surface area contributed by atoms with Gasteiger partial charge in [0.1, 0.15) is 17.0 Å². The van der Waals surface area contributed by atoms with Crippen LogP contribution in [0.4, 0.5) is 8.78 Å². The lowest BCUT2D eigenvalue weighted by Gasteiger charge is -2.18. The monoisotopic (exact) mass is 537 g/mol. The standard InChI is InChI=1S/C32H25F2N3O3/c1-17(2)21-14-25-30(37-16-21)28(9-10-35-25)40-27-8-5-20(12-24(27)34)13-26(38)31-32(39)29(19(4)15-36-31)23-7-6-22(33)11-18(23)3/h5-12,14,16H,1,13,15H2,2-4H3. The summed E-state index contributed by atoms with van der Waals surface area (Å²) in [6, 6.07) is 11.8. The summed E-state index contributed by atoms with van der Waals surface area (Å²) in [6.07, 6.45) is 2.98. The van der Waals surface area contributed by atoms with Crippen LogP contribution in [-0.4, -0.2) is 33.8 Å². The molecule has 0 spiro atoms. The predicted octanol–water partition coefficient (Wildman–Crippen LogP) is 6.65. The minimum absolute atomic E-state index is 0.0480. The number of carbonyl (C=O) groups is 2. The molecule has 0 bridgehead atoms. The molecule has 0 unspecified atom stereocenters. The molecule has 200 valence electrons. The van der Waals surface area contributed by atoms with Gasteiger partial charge < -0.3 is 4.74 Å². The molecule has 6 nitrogen and oxygen atoms in total. The number of ether oxygens (including phenoxy) is 1. The Hall–Kier alpha value is -4.85. The molecule has 0 atom stereocenters. The van der Waals surface area contributed by atoms with Crippen LogP contribution in [0.2, 0.25) is 0 Å². The number of Topliss-reactive ketones (excluding diaryl/α,β-unsaturated/α-hetero) is 2. The van der Waals surface area contributed by atoms with Crippen molar-refractivity contribution in [3.63, 3.8) is 0 Å². The number of hydrogen-bond acceptors (Lipinski definition) is 6. The molecule has 0 fully saturated rings. The van der Waals surface area contributed by atoms with E-state index in [1.54, 1.807) is 38.4 Å². The topological polar surface area (TPSA) is 81.5 Å². The third-order valence-electron chi connectivity index (χ3n) is 6.68. The number of ketones is 2. The Kier molecular flexibility index (Phi) is 7.17. The van der Waals surface area contributed by atoms with Crippen molar-refractivity contribution in [3.8, 4) is 11.5 Å². The molecule has 1 aliphatic heterocycles. The van der Waals surface area contributed by atoms with Gasteiger partial charge in [0.15, 0.2) is 23.1 Å². The molecule has 1 aliphatic rings. The lowest BCUT2D eigenvalue weighted by Crippen LogP contribution is -2.30. The summed E-state index contributed by atoms with van der Waals surface area (Å²) in [5.41, 5.74) is 5.07. The summed E-state index contributed by atoms with van der Waals surface area (Å²) in [5, 5.41) is 0. The van der Waals surface area contributed by atoms with Crippen molar-refractivity contribution in [2.45, 2.75) is 27.2 Å². The smallest absolute Gasteiger partial charge is 0.215 e. The average molecular weight is 538 g/mol. The number of dihydropyridines is 1. The Morgan fingerprint density at radius 1 is 1.02 bits per heavy atom. The van der Waals surface area contributed by atoms with Gasteiger partial charge in [0.2, 0.25) is 5.78 Å². The zero-order chi connectivity index (χ0) is 28.6. The maximum atomic E-state index is 15.1. The molecule has 0 aliphatic carbocycles. The fourth-order valence-corrected chi connectivity index (χ4v) is 4.58. The Balaban J connectivity index is 1.34.